The van der Waals surface area contributed by atoms with Crippen molar-refractivity contribution in [3.8, 4) is 11.1 Å². The van der Waals surface area contributed by atoms with E-state index in [0.717, 1.165) is 36.8 Å². The van der Waals surface area contributed by atoms with Gasteiger partial charge in [-0.3, -0.25) is 14.4 Å². The summed E-state index contributed by atoms with van der Waals surface area (Å²) in [7, 11) is 0. The lowest BCUT2D eigenvalue weighted by Crippen LogP contribution is -2.40. The van der Waals surface area contributed by atoms with Gasteiger partial charge in [0.15, 0.2) is 0 Å². The highest BCUT2D eigenvalue weighted by molar-refractivity contribution is 5.99. The van der Waals surface area contributed by atoms with Crippen molar-refractivity contribution >= 4 is 29.9 Å². The molecule has 10 heteroatoms. The minimum atomic E-state index is -0.664. The summed E-state index contributed by atoms with van der Waals surface area (Å²) in [4.78, 5) is 42.0. The number of nitrogens with one attached hydrogen (secondary N) is 1. The van der Waals surface area contributed by atoms with E-state index in [-0.39, 0.29) is 24.8 Å². The Morgan fingerprint density at radius 2 is 1.94 bits per heavy atom. The molecule has 1 unspecified atom stereocenters. The Bertz CT molecular complexity index is 1110. The van der Waals surface area contributed by atoms with Gasteiger partial charge in [0, 0.05) is 11.8 Å². The van der Waals surface area contributed by atoms with E-state index in [1.165, 1.54) is 10.8 Å². The van der Waals surface area contributed by atoms with Crippen LogP contribution in [0.25, 0.3) is 16.9 Å². The van der Waals surface area contributed by atoms with E-state index in [1.807, 2.05) is 30.3 Å². The van der Waals surface area contributed by atoms with E-state index in [4.69, 9.17) is 14.6 Å². The zero-order valence-electron chi connectivity index (χ0n) is 16.6. The number of hydrogen-bond acceptors (Lipinski definition) is 7. The lowest BCUT2D eigenvalue weighted by molar-refractivity contribution is -0.149. The molecular weight excluding hydrogens is 402 g/mol. The smallest absolute Gasteiger partial charge is 0.307 e. The maximum Gasteiger partial charge on any atom is 0.307 e. The molecule has 1 saturated heterocycles. The predicted molar refractivity (Wildman–Crippen MR) is 109 cm³/mol. The molecule has 2 fully saturated rings. The van der Waals surface area contributed by atoms with E-state index in [1.54, 1.807) is 6.20 Å². The number of amides is 1. The van der Waals surface area contributed by atoms with Crippen LogP contribution in [0.4, 0.5) is 5.82 Å². The summed E-state index contributed by atoms with van der Waals surface area (Å²) in [6.45, 7) is -0.250. The van der Waals surface area contributed by atoms with Crippen LogP contribution in [0.15, 0.2) is 42.9 Å². The van der Waals surface area contributed by atoms with Gasteiger partial charge in [0.1, 0.15) is 17.7 Å². The number of anilines is 1. The number of carbonyl (C=O) groups is 3. The molecule has 2 aliphatic rings. The topological polar surface area (TPSA) is 136 Å². The fourth-order valence-electron chi connectivity index (χ4n) is 4.38. The van der Waals surface area contributed by atoms with Crippen LogP contribution in [-0.2, 0) is 19.1 Å². The lowest BCUT2D eigenvalue weighted by atomic mass is 9.85. The number of nitrogens with zero attached hydrogens (tertiary/aromatic N) is 4. The first-order valence-electron chi connectivity index (χ1n) is 9.93. The number of aromatic nitrogens is 4. The molecular formula is C21H21N5O5. The second-order valence-electron chi connectivity index (χ2n) is 7.46. The third kappa shape index (κ3) is 3.83. The normalized spacial score (nSPS) is 19.0. The van der Waals surface area contributed by atoms with Crippen molar-refractivity contribution in [3.05, 3.63) is 42.9 Å². The number of carbonyl (C=O) groups excluding carboxylic acids is 2. The van der Waals surface area contributed by atoms with Crippen LogP contribution in [0.3, 0.4) is 0 Å². The zero-order chi connectivity index (χ0) is 21.8. The minimum Gasteiger partial charge on any atom is -0.483 e. The molecule has 160 valence electrons. The highest BCUT2D eigenvalue weighted by Crippen LogP contribution is 2.46. The third-order valence-corrected chi connectivity index (χ3v) is 5.72. The lowest BCUT2D eigenvalue weighted by Gasteiger charge is -2.28. The molecule has 5 rings (SSSR count). The second-order valence-corrected chi connectivity index (χ2v) is 7.46. The van der Waals surface area contributed by atoms with Gasteiger partial charge >= 0.3 is 5.97 Å². The summed E-state index contributed by atoms with van der Waals surface area (Å²) in [5, 5.41) is 14.1. The van der Waals surface area contributed by atoms with Gasteiger partial charge in [0.2, 0.25) is 5.91 Å². The summed E-state index contributed by atoms with van der Waals surface area (Å²) in [5.41, 5.74) is 0.970. The second kappa shape index (κ2) is 8.50. The first kappa shape index (κ1) is 20.5. The van der Waals surface area contributed by atoms with E-state index in [0.29, 0.717) is 11.6 Å². The van der Waals surface area contributed by atoms with E-state index < -0.39 is 11.5 Å². The van der Waals surface area contributed by atoms with Gasteiger partial charge in [0.05, 0.1) is 12.3 Å². The molecule has 1 spiro atoms. The summed E-state index contributed by atoms with van der Waals surface area (Å²) in [6, 6.07) is 9.65. The molecule has 1 saturated carbocycles. The molecule has 2 aromatic heterocycles. The summed E-state index contributed by atoms with van der Waals surface area (Å²) in [6.07, 6.45) is 6.58. The van der Waals surface area contributed by atoms with Crippen molar-refractivity contribution in [2.45, 2.75) is 37.7 Å². The number of hydrogen-bond donors (Lipinski definition) is 2. The van der Waals surface area contributed by atoms with Gasteiger partial charge in [-0.05, 0) is 31.2 Å². The Labute approximate surface area is 177 Å². The summed E-state index contributed by atoms with van der Waals surface area (Å²) >= 11 is 0. The highest BCUT2D eigenvalue weighted by Gasteiger charge is 2.54. The molecule has 2 N–H and O–H groups in total. The molecule has 3 aromatic rings. The quantitative estimate of drug-likeness (QED) is 0.484. The van der Waals surface area contributed by atoms with E-state index in [2.05, 4.69) is 20.4 Å². The number of carboxylic acid groups (broad SMARTS) is 1. The number of benzene rings is 1. The fraction of sp³-hybridized carbons (Fsp3) is 0.333. The van der Waals surface area contributed by atoms with Crippen molar-refractivity contribution in [2.24, 2.45) is 5.92 Å². The first-order chi connectivity index (χ1) is 15.1. The number of ether oxygens (including phenoxy) is 1. The van der Waals surface area contributed by atoms with Crippen molar-refractivity contribution in [1.82, 2.24) is 19.6 Å². The van der Waals surface area contributed by atoms with E-state index in [9.17, 15) is 9.59 Å². The molecule has 1 aromatic carbocycles. The van der Waals surface area contributed by atoms with Crippen LogP contribution >= 0.6 is 0 Å². The van der Waals surface area contributed by atoms with Crippen molar-refractivity contribution in [1.29, 1.82) is 0 Å². The van der Waals surface area contributed by atoms with Gasteiger partial charge in [-0.25, -0.2) is 4.98 Å². The molecule has 1 aliphatic heterocycles. The SMILES string of the molecule is O=C1CC(C(=O)Nc2c(-c3ccccc3)cnc3ncnn23)C2(CCCC2)O1.O=CO. The molecule has 0 radical (unpaired) electrons. The molecule has 1 amide bonds. The minimum absolute atomic E-state index is 0.109. The third-order valence-electron chi connectivity index (χ3n) is 5.72. The van der Waals surface area contributed by atoms with Gasteiger partial charge in [-0.1, -0.05) is 30.3 Å². The van der Waals surface area contributed by atoms with Crippen LogP contribution < -0.4 is 5.32 Å². The van der Waals surface area contributed by atoms with Crippen molar-refractivity contribution < 1.29 is 24.2 Å². The molecule has 3 heterocycles. The maximum atomic E-state index is 13.2. The maximum absolute atomic E-state index is 13.2. The number of esters is 1. The Hall–Kier alpha value is -3.82. The Morgan fingerprint density at radius 1 is 1.23 bits per heavy atom. The molecule has 10 nitrogen and oxygen atoms in total. The van der Waals surface area contributed by atoms with E-state index >= 15 is 0 Å². The number of fused-ring (bicyclic) bond motifs is 1. The van der Waals surface area contributed by atoms with Crippen LogP contribution in [0, 0.1) is 5.92 Å². The Morgan fingerprint density at radius 3 is 2.65 bits per heavy atom. The average Bonchev–Trinajstić information content (AvgIpc) is 3.50. The molecule has 31 heavy (non-hydrogen) atoms. The van der Waals surface area contributed by atoms with Crippen LogP contribution in [-0.4, -0.2) is 48.6 Å². The van der Waals surface area contributed by atoms with Crippen molar-refractivity contribution in [3.63, 3.8) is 0 Å². The first-order valence-corrected chi connectivity index (χ1v) is 9.93. The monoisotopic (exact) mass is 423 g/mol. The van der Waals surface area contributed by atoms with Gasteiger partial charge in [0.25, 0.3) is 12.2 Å². The Balaban J connectivity index is 0.000000730. The predicted octanol–water partition coefficient (Wildman–Crippen LogP) is 2.31. The fourth-order valence-corrected chi connectivity index (χ4v) is 4.38. The zero-order valence-corrected chi connectivity index (χ0v) is 16.6. The average molecular weight is 423 g/mol. The van der Waals surface area contributed by atoms with Crippen LogP contribution in [0.1, 0.15) is 32.1 Å². The van der Waals surface area contributed by atoms with Crippen molar-refractivity contribution in [2.75, 3.05) is 5.32 Å². The molecule has 1 atom stereocenters. The van der Waals surface area contributed by atoms with Crippen LogP contribution in [0.5, 0.6) is 0 Å². The Kier molecular flexibility index (Phi) is 5.61. The van der Waals surface area contributed by atoms with Gasteiger partial charge in [-0.2, -0.15) is 14.6 Å². The molecule has 0 bridgehead atoms. The standard InChI is InChI=1S/C20H19N5O3.CH2O2/c26-16-10-15(20(28-16)8-4-5-9-20)18(27)24-17-14(13-6-2-1-3-7-13)11-21-19-22-12-23-25(17)19;2-1-3/h1-3,6-7,11-12,15H,4-5,8-10H2,(H,24,27);1H,(H,2,3). The highest BCUT2D eigenvalue weighted by atomic mass is 16.6. The summed E-state index contributed by atoms with van der Waals surface area (Å²) < 4.78 is 7.13. The largest absolute Gasteiger partial charge is 0.483 e. The molecule has 1 aliphatic carbocycles. The van der Waals surface area contributed by atoms with Gasteiger partial charge in [-0.15, -0.1) is 0 Å². The number of rotatable bonds is 3. The summed E-state index contributed by atoms with van der Waals surface area (Å²) in [5.74, 6) is -0.146. The van der Waals surface area contributed by atoms with Crippen LogP contribution in [0.2, 0.25) is 0 Å². The van der Waals surface area contributed by atoms with Gasteiger partial charge < -0.3 is 15.2 Å².